The van der Waals surface area contributed by atoms with Crippen LogP contribution >= 0.6 is 0 Å². The number of ether oxygens (including phenoxy) is 1. The van der Waals surface area contributed by atoms with Crippen LogP contribution in [-0.2, 0) is 25.7 Å². The predicted molar refractivity (Wildman–Crippen MR) is 90.3 cm³/mol. The Morgan fingerprint density at radius 3 is 2.07 bits per heavy atom. The van der Waals surface area contributed by atoms with Crippen molar-refractivity contribution >= 4 is 15.9 Å². The monoisotopic (exact) mass is 406 g/mol. The Morgan fingerprint density at radius 1 is 1.00 bits per heavy atom. The maximum atomic E-state index is 12.7. The number of rotatable bonds is 3. The minimum atomic E-state index is -4.52. The van der Waals surface area contributed by atoms with Crippen LogP contribution in [0.25, 0.3) is 0 Å². The molecule has 10 heteroatoms. The summed E-state index contributed by atoms with van der Waals surface area (Å²) in [4.78, 5) is 14.0. The fourth-order valence-corrected chi connectivity index (χ4v) is 4.74. The number of hydrogen-bond donors (Lipinski definition) is 0. The van der Waals surface area contributed by atoms with Crippen molar-refractivity contribution in [1.29, 1.82) is 0 Å². The molecular weight excluding hydrogens is 385 g/mol. The normalized spacial score (nSPS) is 20.6. The summed E-state index contributed by atoms with van der Waals surface area (Å²) in [6, 6.07) is 3.46. The lowest BCUT2D eigenvalue weighted by molar-refractivity contribution is -0.139. The first kappa shape index (κ1) is 20.1. The fourth-order valence-electron chi connectivity index (χ4n) is 3.32. The molecule has 0 saturated carbocycles. The van der Waals surface area contributed by atoms with Crippen LogP contribution in [0, 0.1) is 5.92 Å². The van der Waals surface area contributed by atoms with Gasteiger partial charge in [0.15, 0.2) is 0 Å². The lowest BCUT2D eigenvalue weighted by atomic mass is 9.98. The van der Waals surface area contributed by atoms with Gasteiger partial charge in [0.2, 0.25) is 15.9 Å². The molecule has 2 heterocycles. The van der Waals surface area contributed by atoms with E-state index in [-0.39, 0.29) is 42.9 Å². The number of nitrogens with zero attached hydrogens (tertiary/aromatic N) is 2. The Labute approximate surface area is 155 Å². The van der Waals surface area contributed by atoms with Gasteiger partial charge in [0.05, 0.1) is 10.5 Å². The second kappa shape index (κ2) is 7.76. The zero-order chi connectivity index (χ0) is 19.7. The van der Waals surface area contributed by atoms with Crippen molar-refractivity contribution in [3.8, 4) is 0 Å². The number of carbonyl (C=O) groups is 1. The predicted octanol–water partition coefficient (Wildman–Crippen LogP) is 1.96. The minimum Gasteiger partial charge on any atom is -0.381 e. The van der Waals surface area contributed by atoms with Crippen LogP contribution in [0.1, 0.15) is 18.4 Å². The van der Waals surface area contributed by atoms with E-state index in [0.29, 0.717) is 26.1 Å². The largest absolute Gasteiger partial charge is 0.416 e. The lowest BCUT2D eigenvalue weighted by Crippen LogP contribution is -2.52. The second-order valence-electron chi connectivity index (χ2n) is 6.64. The SMILES string of the molecule is O=C(C1CCOCC1)N1CCN(S(=O)(=O)c2ccc(C(F)(F)F)cc2)CC1. The summed E-state index contributed by atoms with van der Waals surface area (Å²) in [7, 11) is -3.89. The molecule has 0 aliphatic carbocycles. The maximum absolute atomic E-state index is 12.7. The molecule has 6 nitrogen and oxygen atoms in total. The van der Waals surface area contributed by atoms with Crippen LogP contribution in [-0.4, -0.2) is 62.9 Å². The summed E-state index contributed by atoms with van der Waals surface area (Å²) in [5.74, 6) is -0.0679. The van der Waals surface area contributed by atoms with E-state index in [1.165, 1.54) is 4.31 Å². The molecule has 0 bridgehead atoms. The summed E-state index contributed by atoms with van der Waals surface area (Å²) in [6.45, 7) is 1.90. The Morgan fingerprint density at radius 2 is 1.56 bits per heavy atom. The Hall–Kier alpha value is -1.65. The topological polar surface area (TPSA) is 66.9 Å². The molecule has 2 fully saturated rings. The highest BCUT2D eigenvalue weighted by atomic mass is 32.2. The Balaban J connectivity index is 1.63. The Bertz CT molecular complexity index is 766. The molecule has 0 spiro atoms. The number of benzene rings is 1. The highest BCUT2D eigenvalue weighted by Gasteiger charge is 2.34. The first-order valence-corrected chi connectivity index (χ1v) is 10.2. The van der Waals surface area contributed by atoms with E-state index >= 15 is 0 Å². The van der Waals surface area contributed by atoms with E-state index in [2.05, 4.69) is 0 Å². The average molecular weight is 406 g/mol. The molecule has 0 radical (unpaired) electrons. The van der Waals surface area contributed by atoms with Gasteiger partial charge in [-0.2, -0.15) is 17.5 Å². The number of halogens is 3. The molecule has 2 aliphatic heterocycles. The second-order valence-corrected chi connectivity index (χ2v) is 8.58. The molecule has 0 N–H and O–H groups in total. The molecule has 150 valence electrons. The number of alkyl halides is 3. The summed E-state index contributed by atoms with van der Waals surface area (Å²) >= 11 is 0. The first-order chi connectivity index (χ1) is 12.7. The zero-order valence-electron chi connectivity index (χ0n) is 14.6. The van der Waals surface area contributed by atoms with E-state index in [1.54, 1.807) is 4.90 Å². The molecule has 1 aromatic rings. The number of amides is 1. The molecular formula is C17H21F3N2O4S. The highest BCUT2D eigenvalue weighted by Crippen LogP contribution is 2.30. The summed E-state index contributed by atoms with van der Waals surface area (Å²) < 4.78 is 69.7. The van der Waals surface area contributed by atoms with Gasteiger partial charge in [-0.05, 0) is 37.1 Å². The molecule has 0 unspecified atom stereocenters. The van der Waals surface area contributed by atoms with E-state index in [0.717, 1.165) is 24.3 Å². The van der Waals surface area contributed by atoms with Crippen LogP contribution in [0.2, 0.25) is 0 Å². The first-order valence-electron chi connectivity index (χ1n) is 8.73. The van der Waals surface area contributed by atoms with Gasteiger partial charge in [0.1, 0.15) is 0 Å². The van der Waals surface area contributed by atoms with E-state index < -0.39 is 21.8 Å². The minimum absolute atomic E-state index is 0.0184. The van der Waals surface area contributed by atoms with Crippen molar-refractivity contribution in [2.75, 3.05) is 39.4 Å². The van der Waals surface area contributed by atoms with Crippen LogP contribution in [0.3, 0.4) is 0 Å². The summed E-state index contributed by atoms with van der Waals surface area (Å²) in [6.07, 6.45) is -3.18. The number of hydrogen-bond acceptors (Lipinski definition) is 4. The van der Waals surface area contributed by atoms with Gasteiger partial charge in [-0.3, -0.25) is 4.79 Å². The number of carbonyl (C=O) groups excluding carboxylic acids is 1. The standard InChI is InChI=1S/C17H21F3N2O4S/c18-17(19,20)14-1-3-15(4-2-14)27(24,25)22-9-7-21(8-10-22)16(23)13-5-11-26-12-6-13/h1-4,13H,5-12H2. The van der Waals surface area contributed by atoms with Gasteiger partial charge >= 0.3 is 6.18 Å². The van der Waals surface area contributed by atoms with Crippen molar-refractivity contribution in [1.82, 2.24) is 9.21 Å². The smallest absolute Gasteiger partial charge is 0.381 e. The van der Waals surface area contributed by atoms with Crippen LogP contribution in [0.4, 0.5) is 13.2 Å². The van der Waals surface area contributed by atoms with Crippen LogP contribution in [0.15, 0.2) is 29.2 Å². The van der Waals surface area contributed by atoms with Crippen molar-refractivity contribution in [3.63, 3.8) is 0 Å². The van der Waals surface area contributed by atoms with Crippen molar-refractivity contribution in [2.45, 2.75) is 23.9 Å². The van der Waals surface area contributed by atoms with E-state index in [4.69, 9.17) is 4.74 Å². The quantitative estimate of drug-likeness (QED) is 0.770. The lowest BCUT2D eigenvalue weighted by Gasteiger charge is -2.36. The Kier molecular flexibility index (Phi) is 5.78. The van der Waals surface area contributed by atoms with Crippen LogP contribution < -0.4 is 0 Å². The maximum Gasteiger partial charge on any atom is 0.416 e. The van der Waals surface area contributed by atoms with Crippen molar-refractivity contribution in [3.05, 3.63) is 29.8 Å². The van der Waals surface area contributed by atoms with Gasteiger partial charge < -0.3 is 9.64 Å². The molecule has 3 rings (SSSR count). The van der Waals surface area contributed by atoms with Gasteiger partial charge in [0, 0.05) is 45.3 Å². The number of piperazine rings is 1. The third-order valence-electron chi connectivity index (χ3n) is 4.94. The van der Waals surface area contributed by atoms with Gasteiger partial charge in [0.25, 0.3) is 0 Å². The molecule has 2 aliphatic rings. The highest BCUT2D eigenvalue weighted by molar-refractivity contribution is 7.89. The van der Waals surface area contributed by atoms with Crippen molar-refractivity contribution in [2.24, 2.45) is 5.92 Å². The molecule has 0 aromatic heterocycles. The zero-order valence-corrected chi connectivity index (χ0v) is 15.4. The molecule has 1 aromatic carbocycles. The average Bonchev–Trinajstić information content (AvgIpc) is 2.67. The number of sulfonamides is 1. The summed E-state index contributed by atoms with van der Waals surface area (Å²) in [5.41, 5.74) is -0.895. The van der Waals surface area contributed by atoms with E-state index in [9.17, 15) is 26.4 Å². The summed E-state index contributed by atoms with van der Waals surface area (Å²) in [5, 5.41) is 0. The fraction of sp³-hybridized carbons (Fsp3) is 0.588. The van der Waals surface area contributed by atoms with Gasteiger partial charge in [-0.1, -0.05) is 0 Å². The molecule has 27 heavy (non-hydrogen) atoms. The molecule has 2 saturated heterocycles. The molecule has 1 amide bonds. The third kappa shape index (κ3) is 4.44. The third-order valence-corrected chi connectivity index (χ3v) is 6.85. The van der Waals surface area contributed by atoms with E-state index in [1.807, 2.05) is 0 Å². The molecule has 0 atom stereocenters. The van der Waals surface area contributed by atoms with Gasteiger partial charge in [-0.15, -0.1) is 0 Å². The van der Waals surface area contributed by atoms with Gasteiger partial charge in [-0.25, -0.2) is 8.42 Å². The van der Waals surface area contributed by atoms with Crippen LogP contribution in [0.5, 0.6) is 0 Å². The van der Waals surface area contributed by atoms with Crippen molar-refractivity contribution < 1.29 is 31.1 Å².